The van der Waals surface area contributed by atoms with Crippen molar-refractivity contribution in [2.75, 3.05) is 17.7 Å². The molecule has 0 spiro atoms. The second-order valence-electron chi connectivity index (χ2n) is 8.14. The average Bonchev–Trinajstić information content (AvgIpc) is 3.24. The molecule has 0 unspecified atom stereocenters. The molecule has 2 aromatic carbocycles. The highest BCUT2D eigenvalue weighted by atomic mass is 32.1. The molecule has 0 fully saturated rings. The first-order valence-electron chi connectivity index (χ1n) is 11.2. The second-order valence-corrected chi connectivity index (χ2v) is 9.26. The van der Waals surface area contributed by atoms with Crippen molar-refractivity contribution in [1.29, 1.82) is 0 Å². The third-order valence-corrected chi connectivity index (χ3v) is 6.74. The van der Waals surface area contributed by atoms with Gasteiger partial charge in [-0.05, 0) is 55.7 Å². The van der Waals surface area contributed by atoms with E-state index in [1.54, 1.807) is 36.8 Å². The van der Waals surface area contributed by atoms with Crippen LogP contribution in [0.5, 0.6) is 11.5 Å². The molecule has 180 valence electrons. The summed E-state index contributed by atoms with van der Waals surface area (Å²) in [5.74, 6) is 0.821. The van der Waals surface area contributed by atoms with E-state index in [1.807, 2.05) is 38.1 Å². The van der Waals surface area contributed by atoms with Crippen LogP contribution in [0.15, 0.2) is 48.7 Å². The molecular weight excluding hydrogens is 462 g/mol. The van der Waals surface area contributed by atoms with E-state index < -0.39 is 6.03 Å². The van der Waals surface area contributed by atoms with E-state index in [-0.39, 0.29) is 5.97 Å². The van der Waals surface area contributed by atoms with Crippen molar-refractivity contribution in [3.63, 3.8) is 0 Å². The fourth-order valence-corrected chi connectivity index (χ4v) is 5.01. The van der Waals surface area contributed by atoms with E-state index >= 15 is 0 Å². The molecule has 2 heterocycles. The third-order valence-electron chi connectivity index (χ3n) is 5.55. The van der Waals surface area contributed by atoms with E-state index in [2.05, 4.69) is 28.6 Å². The summed E-state index contributed by atoms with van der Waals surface area (Å²) in [5, 5.41) is 6.81. The largest absolute Gasteiger partial charge is 0.496 e. The third kappa shape index (κ3) is 5.12. The van der Waals surface area contributed by atoms with Crippen LogP contribution in [-0.2, 0) is 11.2 Å². The molecule has 2 N–H and O–H groups in total. The highest BCUT2D eigenvalue weighted by molar-refractivity contribution is 7.18. The van der Waals surface area contributed by atoms with Gasteiger partial charge in [-0.1, -0.05) is 25.1 Å². The number of nitrogens with zero attached hydrogens (tertiary/aromatic N) is 1. The van der Waals surface area contributed by atoms with Gasteiger partial charge in [0.25, 0.3) is 0 Å². The molecule has 0 aliphatic heterocycles. The SMILES string of the molecule is CCc1cc2c(-c3ccccc3OC)c(NC(=O)Nc3cc(C)c(OC(C)=O)c(C)c3)cnc2s1. The van der Waals surface area contributed by atoms with Crippen molar-refractivity contribution in [3.8, 4) is 22.6 Å². The number of ether oxygens (including phenoxy) is 2. The smallest absolute Gasteiger partial charge is 0.323 e. The number of pyridine rings is 1. The number of para-hydroxylation sites is 1. The number of esters is 1. The zero-order valence-corrected chi connectivity index (χ0v) is 21.1. The standard InChI is InChI=1S/C27H27N3O4S/c1-6-19-13-21-24(20-9-7-8-10-23(20)33-5)22(14-28-26(21)35-19)30-27(32)29-18-11-15(2)25(16(3)12-18)34-17(4)31/h7-14H,6H2,1-5H3,(H2,29,30,32). The fourth-order valence-electron chi connectivity index (χ4n) is 4.06. The highest BCUT2D eigenvalue weighted by Gasteiger charge is 2.19. The number of carbonyl (C=O) groups is 2. The summed E-state index contributed by atoms with van der Waals surface area (Å²) in [6.07, 6.45) is 2.58. The van der Waals surface area contributed by atoms with Crippen LogP contribution >= 0.6 is 11.3 Å². The first-order chi connectivity index (χ1) is 16.8. The van der Waals surface area contributed by atoms with Crippen LogP contribution in [-0.4, -0.2) is 24.1 Å². The minimum Gasteiger partial charge on any atom is -0.496 e. The topological polar surface area (TPSA) is 89.5 Å². The average molecular weight is 490 g/mol. The Labute approximate surface area is 208 Å². The van der Waals surface area contributed by atoms with Crippen LogP contribution in [0, 0.1) is 13.8 Å². The first-order valence-corrected chi connectivity index (χ1v) is 12.0. The van der Waals surface area contributed by atoms with Gasteiger partial charge in [0.1, 0.15) is 16.3 Å². The number of carbonyl (C=O) groups excluding carboxylic acids is 2. The minimum atomic E-state index is -0.410. The molecule has 7 nitrogen and oxygen atoms in total. The van der Waals surface area contributed by atoms with Gasteiger partial charge < -0.3 is 20.1 Å². The van der Waals surface area contributed by atoms with Crippen molar-refractivity contribution in [3.05, 3.63) is 64.7 Å². The van der Waals surface area contributed by atoms with Crippen LogP contribution < -0.4 is 20.1 Å². The molecule has 0 radical (unpaired) electrons. The van der Waals surface area contributed by atoms with Crippen LogP contribution in [0.25, 0.3) is 21.3 Å². The summed E-state index contributed by atoms with van der Waals surface area (Å²) in [6, 6.07) is 13.0. The van der Waals surface area contributed by atoms with Gasteiger partial charge in [0, 0.05) is 34.0 Å². The number of benzene rings is 2. The van der Waals surface area contributed by atoms with Crippen molar-refractivity contribution in [1.82, 2.24) is 4.98 Å². The second kappa shape index (κ2) is 10.1. The molecule has 0 saturated carbocycles. The van der Waals surface area contributed by atoms with Crippen molar-refractivity contribution < 1.29 is 19.1 Å². The lowest BCUT2D eigenvalue weighted by molar-refractivity contribution is -0.131. The monoisotopic (exact) mass is 489 g/mol. The van der Waals surface area contributed by atoms with Gasteiger partial charge in [0.05, 0.1) is 19.0 Å². The van der Waals surface area contributed by atoms with Gasteiger partial charge in [-0.3, -0.25) is 4.79 Å². The van der Waals surface area contributed by atoms with Gasteiger partial charge in [-0.15, -0.1) is 11.3 Å². The lowest BCUT2D eigenvalue weighted by Crippen LogP contribution is -2.20. The molecule has 2 aromatic heterocycles. The highest BCUT2D eigenvalue weighted by Crippen LogP contribution is 2.42. The van der Waals surface area contributed by atoms with Gasteiger partial charge >= 0.3 is 12.0 Å². The van der Waals surface area contributed by atoms with Crippen LogP contribution in [0.1, 0.15) is 29.9 Å². The molecule has 0 aliphatic carbocycles. The van der Waals surface area contributed by atoms with Gasteiger partial charge in [-0.25, -0.2) is 9.78 Å². The summed E-state index contributed by atoms with van der Waals surface area (Å²) >= 11 is 1.64. The maximum atomic E-state index is 13.0. The maximum Gasteiger partial charge on any atom is 0.323 e. The Balaban J connectivity index is 1.70. The lowest BCUT2D eigenvalue weighted by atomic mass is 10.0. The van der Waals surface area contributed by atoms with Crippen molar-refractivity contribution in [2.45, 2.75) is 34.1 Å². The Hall–Kier alpha value is -3.91. The number of urea groups is 1. The van der Waals surface area contributed by atoms with Crippen LogP contribution in [0.3, 0.4) is 0 Å². The number of hydrogen-bond donors (Lipinski definition) is 2. The number of fused-ring (bicyclic) bond motifs is 1. The quantitative estimate of drug-likeness (QED) is 0.232. The summed E-state index contributed by atoms with van der Waals surface area (Å²) in [5.41, 5.74) is 4.39. The minimum absolute atomic E-state index is 0.388. The first kappa shape index (κ1) is 24.2. The van der Waals surface area contributed by atoms with Crippen LogP contribution in [0.2, 0.25) is 0 Å². The van der Waals surface area contributed by atoms with Gasteiger partial charge in [0.15, 0.2) is 0 Å². The summed E-state index contributed by atoms with van der Waals surface area (Å²) in [7, 11) is 1.63. The van der Waals surface area contributed by atoms with Gasteiger partial charge in [-0.2, -0.15) is 0 Å². The number of thiophene rings is 1. The Morgan fingerprint density at radius 2 is 1.77 bits per heavy atom. The molecule has 4 aromatic rings. The van der Waals surface area contributed by atoms with Crippen molar-refractivity contribution in [2.24, 2.45) is 0 Å². The number of nitrogens with one attached hydrogen (secondary N) is 2. The molecular formula is C27H27N3O4S. The number of anilines is 2. The Morgan fingerprint density at radius 3 is 2.43 bits per heavy atom. The summed E-state index contributed by atoms with van der Waals surface area (Å²) in [4.78, 5) is 31.1. The predicted octanol–water partition coefficient (Wildman–Crippen LogP) is 6.72. The molecule has 0 bridgehead atoms. The normalized spacial score (nSPS) is 10.8. The Kier molecular flexibility index (Phi) is 7.02. The van der Waals surface area contributed by atoms with E-state index in [1.165, 1.54) is 11.8 Å². The Morgan fingerprint density at radius 1 is 1.06 bits per heavy atom. The van der Waals surface area contributed by atoms with Crippen LogP contribution in [0.4, 0.5) is 16.2 Å². The molecule has 8 heteroatoms. The zero-order chi connectivity index (χ0) is 25.1. The molecule has 35 heavy (non-hydrogen) atoms. The van der Waals surface area contributed by atoms with E-state index in [0.717, 1.165) is 38.9 Å². The molecule has 0 saturated heterocycles. The fraction of sp³-hybridized carbons (Fsp3) is 0.222. The zero-order valence-electron chi connectivity index (χ0n) is 20.3. The summed E-state index contributed by atoms with van der Waals surface area (Å²) in [6.45, 7) is 7.12. The predicted molar refractivity (Wildman–Crippen MR) is 141 cm³/mol. The number of rotatable bonds is 6. The Bertz CT molecular complexity index is 1400. The lowest BCUT2D eigenvalue weighted by Gasteiger charge is -2.16. The van der Waals surface area contributed by atoms with E-state index in [0.29, 0.717) is 22.9 Å². The molecule has 0 aliphatic rings. The molecule has 4 rings (SSSR count). The summed E-state index contributed by atoms with van der Waals surface area (Å²) < 4.78 is 10.9. The number of methoxy groups -OCH3 is 1. The number of aryl methyl sites for hydroxylation is 3. The molecule has 0 atom stereocenters. The van der Waals surface area contributed by atoms with Gasteiger partial charge in [0.2, 0.25) is 0 Å². The maximum absolute atomic E-state index is 13.0. The molecule has 2 amide bonds. The van der Waals surface area contributed by atoms with E-state index in [9.17, 15) is 9.59 Å². The van der Waals surface area contributed by atoms with E-state index in [4.69, 9.17) is 9.47 Å². The number of amides is 2. The number of aromatic nitrogens is 1. The van der Waals surface area contributed by atoms with Crippen molar-refractivity contribution >= 4 is 44.9 Å². The number of hydrogen-bond acceptors (Lipinski definition) is 6.